The molecule has 1 aliphatic heterocycles. The summed E-state index contributed by atoms with van der Waals surface area (Å²) in [7, 11) is 0. The van der Waals surface area contributed by atoms with Crippen molar-refractivity contribution in [3.05, 3.63) is 24.0 Å². The molecule has 2 rings (SSSR count). The Morgan fingerprint density at radius 1 is 1.53 bits per heavy atom. The summed E-state index contributed by atoms with van der Waals surface area (Å²) in [6, 6.07) is 2.56. The zero-order chi connectivity index (χ0) is 10.7. The summed E-state index contributed by atoms with van der Waals surface area (Å²) in [4.78, 5) is 13.4. The maximum atomic E-state index is 10.4. The number of hydrazine groups is 1. The Labute approximate surface area is 87.9 Å². The Morgan fingerprint density at radius 3 is 3.07 bits per heavy atom. The van der Waals surface area contributed by atoms with Crippen molar-refractivity contribution >= 4 is 5.97 Å². The fraction of sp³-hybridized carbons (Fsp3) is 0.500. The van der Waals surface area contributed by atoms with Gasteiger partial charge in [-0.05, 0) is 24.5 Å². The number of rotatable bonds is 4. The zero-order valence-electron chi connectivity index (χ0n) is 8.36. The molecule has 1 aromatic heterocycles. The molecule has 2 atom stereocenters. The van der Waals surface area contributed by atoms with Crippen molar-refractivity contribution in [2.75, 3.05) is 0 Å². The van der Waals surface area contributed by atoms with E-state index in [0.29, 0.717) is 6.42 Å². The molecule has 0 amide bonds. The van der Waals surface area contributed by atoms with Crippen LogP contribution in [-0.4, -0.2) is 22.1 Å². The van der Waals surface area contributed by atoms with Crippen molar-refractivity contribution in [2.45, 2.75) is 31.3 Å². The number of carboxylic acids is 1. The third-order valence-electron chi connectivity index (χ3n) is 2.71. The van der Waals surface area contributed by atoms with Crippen LogP contribution in [0.5, 0.6) is 0 Å². The monoisotopic (exact) mass is 209 g/mol. The van der Waals surface area contributed by atoms with Crippen molar-refractivity contribution < 1.29 is 9.90 Å². The van der Waals surface area contributed by atoms with Gasteiger partial charge in [0.25, 0.3) is 0 Å². The quantitative estimate of drug-likeness (QED) is 0.591. The molecule has 0 saturated carbocycles. The van der Waals surface area contributed by atoms with Crippen LogP contribution in [0.2, 0.25) is 0 Å². The maximum Gasteiger partial charge on any atom is 0.303 e. The zero-order valence-corrected chi connectivity index (χ0v) is 8.36. The van der Waals surface area contributed by atoms with Gasteiger partial charge in [0.05, 0.1) is 0 Å². The van der Waals surface area contributed by atoms with Gasteiger partial charge in [-0.25, -0.2) is 5.43 Å². The van der Waals surface area contributed by atoms with Crippen molar-refractivity contribution in [1.82, 2.24) is 15.8 Å². The number of hydrogen-bond acceptors (Lipinski definition) is 3. The lowest BCUT2D eigenvalue weighted by Crippen LogP contribution is -2.31. The van der Waals surface area contributed by atoms with E-state index in [-0.39, 0.29) is 18.5 Å². The molecule has 1 fully saturated rings. The van der Waals surface area contributed by atoms with Crippen LogP contribution in [0.4, 0.5) is 0 Å². The Hall–Kier alpha value is -1.33. The van der Waals surface area contributed by atoms with Crippen LogP contribution in [0.3, 0.4) is 0 Å². The van der Waals surface area contributed by atoms with Gasteiger partial charge in [0.15, 0.2) is 0 Å². The number of aromatic nitrogens is 1. The molecule has 0 radical (unpaired) electrons. The molecule has 4 N–H and O–H groups in total. The second kappa shape index (κ2) is 4.46. The Balaban J connectivity index is 1.82. The average molecular weight is 209 g/mol. The van der Waals surface area contributed by atoms with Crippen molar-refractivity contribution in [3.63, 3.8) is 0 Å². The molecular weight excluding hydrogens is 194 g/mol. The standard InChI is InChI=1S/C10H15N3O2/c14-10(15)2-1-8-5-9(13-12-8)7-3-4-11-6-7/h3-4,6,8-9,11-13H,1-2,5H2,(H,14,15). The molecule has 5 heteroatoms. The van der Waals surface area contributed by atoms with Gasteiger partial charge in [0.2, 0.25) is 0 Å². The van der Waals surface area contributed by atoms with Crippen LogP contribution in [-0.2, 0) is 4.79 Å². The lowest BCUT2D eigenvalue weighted by atomic mass is 10.0. The van der Waals surface area contributed by atoms with Crippen LogP contribution in [0, 0.1) is 0 Å². The summed E-state index contributed by atoms with van der Waals surface area (Å²) >= 11 is 0. The summed E-state index contributed by atoms with van der Waals surface area (Å²) in [5.74, 6) is -0.734. The summed E-state index contributed by atoms with van der Waals surface area (Å²) < 4.78 is 0. The minimum atomic E-state index is -0.734. The van der Waals surface area contributed by atoms with E-state index in [9.17, 15) is 4.79 Å². The molecule has 82 valence electrons. The Morgan fingerprint density at radius 2 is 2.40 bits per heavy atom. The highest BCUT2D eigenvalue weighted by Gasteiger charge is 2.25. The highest BCUT2D eigenvalue weighted by molar-refractivity contribution is 5.66. The number of carboxylic acid groups (broad SMARTS) is 1. The van der Waals surface area contributed by atoms with E-state index in [2.05, 4.69) is 15.8 Å². The van der Waals surface area contributed by atoms with Gasteiger partial charge in [-0.1, -0.05) is 0 Å². The number of carbonyl (C=O) groups is 1. The third kappa shape index (κ3) is 2.57. The predicted octanol–water partition coefficient (Wildman–Crippen LogP) is 0.787. The van der Waals surface area contributed by atoms with E-state index in [1.807, 2.05) is 18.5 Å². The Bertz CT molecular complexity index is 323. The minimum Gasteiger partial charge on any atom is -0.481 e. The lowest BCUT2D eigenvalue weighted by molar-refractivity contribution is -0.137. The molecule has 15 heavy (non-hydrogen) atoms. The Kier molecular flexibility index (Phi) is 3.03. The summed E-state index contributed by atoms with van der Waals surface area (Å²) in [5, 5.41) is 8.57. The summed E-state index contributed by atoms with van der Waals surface area (Å²) in [5.41, 5.74) is 7.50. The van der Waals surface area contributed by atoms with Crippen molar-refractivity contribution in [1.29, 1.82) is 0 Å². The molecule has 0 aromatic carbocycles. The van der Waals surface area contributed by atoms with Gasteiger partial charge in [-0.15, -0.1) is 0 Å². The van der Waals surface area contributed by atoms with Gasteiger partial charge in [0.1, 0.15) is 0 Å². The van der Waals surface area contributed by atoms with E-state index in [4.69, 9.17) is 5.11 Å². The molecular formula is C10H15N3O2. The smallest absolute Gasteiger partial charge is 0.303 e. The second-order valence-electron chi connectivity index (χ2n) is 3.85. The van der Waals surface area contributed by atoms with E-state index in [0.717, 1.165) is 6.42 Å². The van der Waals surface area contributed by atoms with Crippen LogP contribution >= 0.6 is 0 Å². The van der Waals surface area contributed by atoms with Crippen LogP contribution < -0.4 is 10.9 Å². The van der Waals surface area contributed by atoms with Crippen LogP contribution in [0.25, 0.3) is 0 Å². The molecule has 1 aromatic rings. The SMILES string of the molecule is O=C(O)CCC1CC(c2cc[nH]c2)NN1. The first-order valence-corrected chi connectivity index (χ1v) is 5.11. The first-order chi connectivity index (χ1) is 7.25. The summed E-state index contributed by atoms with van der Waals surface area (Å²) in [6.07, 6.45) is 5.67. The van der Waals surface area contributed by atoms with Gasteiger partial charge in [-0.3, -0.25) is 10.2 Å². The largest absolute Gasteiger partial charge is 0.481 e. The average Bonchev–Trinajstić information content (AvgIpc) is 2.85. The molecule has 2 unspecified atom stereocenters. The van der Waals surface area contributed by atoms with Gasteiger partial charge >= 0.3 is 5.97 Å². The van der Waals surface area contributed by atoms with Crippen LogP contribution in [0.15, 0.2) is 18.5 Å². The molecule has 0 aliphatic carbocycles. The highest BCUT2D eigenvalue weighted by Crippen LogP contribution is 2.23. The molecule has 5 nitrogen and oxygen atoms in total. The first kappa shape index (κ1) is 10.2. The fourth-order valence-corrected chi connectivity index (χ4v) is 1.88. The minimum absolute atomic E-state index is 0.221. The molecule has 0 spiro atoms. The second-order valence-corrected chi connectivity index (χ2v) is 3.85. The third-order valence-corrected chi connectivity index (χ3v) is 2.71. The number of aliphatic carboxylic acids is 1. The lowest BCUT2D eigenvalue weighted by Gasteiger charge is -2.06. The first-order valence-electron chi connectivity index (χ1n) is 5.11. The number of hydrogen-bond donors (Lipinski definition) is 4. The van der Waals surface area contributed by atoms with E-state index < -0.39 is 5.97 Å². The fourth-order valence-electron chi connectivity index (χ4n) is 1.88. The maximum absolute atomic E-state index is 10.4. The van der Waals surface area contributed by atoms with Crippen LogP contribution in [0.1, 0.15) is 30.9 Å². The van der Waals surface area contributed by atoms with E-state index in [1.165, 1.54) is 5.56 Å². The van der Waals surface area contributed by atoms with Gasteiger partial charge < -0.3 is 10.1 Å². The van der Waals surface area contributed by atoms with Crippen molar-refractivity contribution in [3.8, 4) is 0 Å². The highest BCUT2D eigenvalue weighted by atomic mass is 16.4. The molecule has 1 aliphatic rings. The van der Waals surface area contributed by atoms with Gasteiger partial charge in [0, 0.05) is 30.9 Å². The number of aromatic amines is 1. The number of nitrogens with one attached hydrogen (secondary N) is 3. The van der Waals surface area contributed by atoms with Crippen molar-refractivity contribution in [2.24, 2.45) is 0 Å². The van der Waals surface area contributed by atoms with E-state index in [1.54, 1.807) is 0 Å². The molecule has 2 heterocycles. The van der Waals surface area contributed by atoms with E-state index >= 15 is 0 Å². The topological polar surface area (TPSA) is 77.1 Å². The van der Waals surface area contributed by atoms with Gasteiger partial charge in [-0.2, -0.15) is 0 Å². The predicted molar refractivity (Wildman–Crippen MR) is 55.1 cm³/mol. The molecule has 0 bridgehead atoms. The summed E-state index contributed by atoms with van der Waals surface area (Å²) in [6.45, 7) is 0. The number of H-pyrrole nitrogens is 1. The molecule has 1 saturated heterocycles. The normalized spacial score (nSPS) is 25.6.